The summed E-state index contributed by atoms with van der Waals surface area (Å²) in [7, 11) is 1.69. The van der Waals surface area contributed by atoms with Gasteiger partial charge in [0.2, 0.25) is 0 Å². The highest BCUT2D eigenvalue weighted by Gasteiger charge is 2.38. The molecule has 2 heterocycles. The summed E-state index contributed by atoms with van der Waals surface area (Å²) >= 11 is 0. The first-order valence-electron chi connectivity index (χ1n) is 10.4. The van der Waals surface area contributed by atoms with Crippen LogP contribution in [0.4, 0.5) is 23.2 Å². The summed E-state index contributed by atoms with van der Waals surface area (Å²) in [5, 5.41) is 17.4. The van der Waals surface area contributed by atoms with Gasteiger partial charge in [-0.3, -0.25) is 9.48 Å². The topological polar surface area (TPSA) is 105 Å². The van der Waals surface area contributed by atoms with E-state index in [1.807, 2.05) is 30.3 Å². The number of carboxylic acid groups (broad SMARTS) is 1. The number of halogens is 4. The molecule has 1 fully saturated rings. The highest BCUT2D eigenvalue weighted by Crippen LogP contribution is 2.25. The molecule has 2 aromatic carbocycles. The van der Waals surface area contributed by atoms with Crippen molar-refractivity contribution in [1.82, 2.24) is 15.1 Å². The van der Waals surface area contributed by atoms with Gasteiger partial charge in [-0.05, 0) is 23.8 Å². The van der Waals surface area contributed by atoms with Crippen LogP contribution in [-0.4, -0.2) is 52.6 Å². The first kappa shape index (κ1) is 25.8. The van der Waals surface area contributed by atoms with Crippen molar-refractivity contribution in [3.8, 4) is 11.3 Å². The number of anilines is 1. The molecule has 3 N–H and O–H groups in total. The van der Waals surface area contributed by atoms with Gasteiger partial charge in [-0.15, -0.1) is 0 Å². The van der Waals surface area contributed by atoms with Crippen LogP contribution in [0.3, 0.4) is 0 Å². The molecule has 186 valence electrons. The van der Waals surface area contributed by atoms with E-state index in [4.69, 9.17) is 14.6 Å². The molecule has 0 spiro atoms. The Morgan fingerprint density at radius 2 is 1.86 bits per heavy atom. The van der Waals surface area contributed by atoms with E-state index < -0.39 is 23.9 Å². The first-order valence-corrected chi connectivity index (χ1v) is 10.4. The third kappa shape index (κ3) is 6.87. The summed E-state index contributed by atoms with van der Waals surface area (Å²) in [4.78, 5) is 21.5. The Morgan fingerprint density at radius 1 is 1.17 bits per heavy atom. The molecule has 0 aliphatic carbocycles. The minimum absolute atomic E-state index is 0.125. The molecule has 1 amide bonds. The lowest BCUT2D eigenvalue weighted by atomic mass is 10.1. The molecule has 1 aliphatic heterocycles. The highest BCUT2D eigenvalue weighted by atomic mass is 19.4. The highest BCUT2D eigenvalue weighted by molar-refractivity contribution is 6.03. The van der Waals surface area contributed by atoms with E-state index >= 15 is 0 Å². The number of hydrogen-bond donors (Lipinski definition) is 3. The standard InChI is InChI=1S/C21H21FN4O2.C2HF3O2/c1-26-19(12-18(25-26)14-5-3-2-4-6-14)21(27)24-17-8-7-15(11-16(17)22)20-13-23-9-10-28-20;3-2(4,5)1(6)7/h2-8,11-12,20,23H,9-10,13H2,1H3,(H,24,27);(H,6,7)/t20-;/m0./s1. The van der Waals surface area contributed by atoms with E-state index in [1.165, 1.54) is 10.7 Å². The number of nitrogens with one attached hydrogen (secondary N) is 2. The van der Waals surface area contributed by atoms with Gasteiger partial charge in [0.25, 0.3) is 5.91 Å². The summed E-state index contributed by atoms with van der Waals surface area (Å²) in [5.41, 5.74) is 2.82. The average Bonchev–Trinajstić information content (AvgIpc) is 3.23. The molecule has 0 saturated carbocycles. The summed E-state index contributed by atoms with van der Waals surface area (Å²) < 4.78 is 53.4. The number of carbonyl (C=O) groups excluding carboxylic acids is 1. The van der Waals surface area contributed by atoms with Crippen LogP contribution < -0.4 is 10.6 Å². The lowest BCUT2D eigenvalue weighted by Gasteiger charge is -2.24. The molecule has 0 bridgehead atoms. The summed E-state index contributed by atoms with van der Waals surface area (Å²) in [6, 6.07) is 16.0. The minimum Gasteiger partial charge on any atom is -0.475 e. The Bertz CT molecular complexity index is 1180. The van der Waals surface area contributed by atoms with E-state index in [1.54, 1.807) is 25.2 Å². The predicted octanol–water partition coefficient (Wildman–Crippen LogP) is 3.77. The van der Waals surface area contributed by atoms with Crippen molar-refractivity contribution in [2.75, 3.05) is 25.0 Å². The smallest absolute Gasteiger partial charge is 0.475 e. The van der Waals surface area contributed by atoms with Crippen LogP contribution in [0.1, 0.15) is 22.2 Å². The number of benzene rings is 2. The van der Waals surface area contributed by atoms with Gasteiger partial charge >= 0.3 is 12.1 Å². The maximum atomic E-state index is 14.5. The van der Waals surface area contributed by atoms with Gasteiger partial charge in [-0.25, -0.2) is 9.18 Å². The maximum Gasteiger partial charge on any atom is 0.490 e. The zero-order valence-electron chi connectivity index (χ0n) is 18.5. The van der Waals surface area contributed by atoms with Gasteiger partial charge in [-0.2, -0.15) is 18.3 Å². The fourth-order valence-electron chi connectivity index (χ4n) is 3.23. The number of morpholine rings is 1. The molecule has 8 nitrogen and oxygen atoms in total. The number of amides is 1. The van der Waals surface area contributed by atoms with Crippen molar-refractivity contribution in [2.45, 2.75) is 12.3 Å². The second-order valence-electron chi connectivity index (χ2n) is 7.46. The number of carbonyl (C=O) groups is 2. The zero-order valence-corrected chi connectivity index (χ0v) is 18.5. The van der Waals surface area contributed by atoms with Crippen LogP contribution in [0.2, 0.25) is 0 Å². The molecule has 1 aromatic heterocycles. The second-order valence-corrected chi connectivity index (χ2v) is 7.46. The monoisotopic (exact) mass is 494 g/mol. The van der Waals surface area contributed by atoms with E-state index in [0.717, 1.165) is 17.7 Å². The Kier molecular flexibility index (Phi) is 8.20. The number of carboxylic acids is 1. The van der Waals surface area contributed by atoms with Gasteiger partial charge in [0.15, 0.2) is 0 Å². The number of nitrogens with zero attached hydrogens (tertiary/aromatic N) is 2. The van der Waals surface area contributed by atoms with E-state index in [2.05, 4.69) is 15.7 Å². The fraction of sp³-hybridized carbons (Fsp3) is 0.261. The zero-order chi connectivity index (χ0) is 25.6. The number of aromatic nitrogens is 2. The van der Waals surface area contributed by atoms with Crippen LogP contribution in [-0.2, 0) is 16.6 Å². The van der Waals surface area contributed by atoms with Crippen LogP contribution in [0, 0.1) is 5.82 Å². The largest absolute Gasteiger partial charge is 0.490 e. The molecule has 1 aliphatic rings. The van der Waals surface area contributed by atoms with Crippen molar-refractivity contribution in [1.29, 1.82) is 0 Å². The van der Waals surface area contributed by atoms with Crippen molar-refractivity contribution in [3.05, 3.63) is 71.7 Å². The number of aliphatic carboxylic acids is 1. The molecule has 0 unspecified atom stereocenters. The summed E-state index contributed by atoms with van der Waals surface area (Å²) in [6.45, 7) is 2.03. The molecule has 0 radical (unpaired) electrons. The number of rotatable bonds is 4. The van der Waals surface area contributed by atoms with E-state index in [9.17, 15) is 22.4 Å². The van der Waals surface area contributed by atoms with Crippen LogP contribution >= 0.6 is 0 Å². The van der Waals surface area contributed by atoms with Crippen LogP contribution in [0.15, 0.2) is 54.6 Å². The number of aryl methyl sites for hydroxylation is 1. The number of hydrogen-bond acceptors (Lipinski definition) is 5. The molecule has 12 heteroatoms. The average molecular weight is 494 g/mol. The number of ether oxygens (including phenoxy) is 1. The Balaban J connectivity index is 0.000000429. The van der Waals surface area contributed by atoms with Gasteiger partial charge < -0.3 is 20.5 Å². The van der Waals surface area contributed by atoms with Crippen LogP contribution in [0.25, 0.3) is 11.3 Å². The fourth-order valence-corrected chi connectivity index (χ4v) is 3.23. The third-order valence-corrected chi connectivity index (χ3v) is 4.97. The molecule has 3 aromatic rings. The van der Waals surface area contributed by atoms with E-state index in [0.29, 0.717) is 24.5 Å². The van der Waals surface area contributed by atoms with Crippen molar-refractivity contribution < 1.29 is 37.0 Å². The lowest BCUT2D eigenvalue weighted by molar-refractivity contribution is -0.192. The molecule has 4 rings (SSSR count). The third-order valence-electron chi connectivity index (χ3n) is 4.97. The Morgan fingerprint density at radius 3 is 2.43 bits per heavy atom. The van der Waals surface area contributed by atoms with Gasteiger partial charge in [0.1, 0.15) is 11.5 Å². The van der Waals surface area contributed by atoms with Crippen molar-refractivity contribution >= 4 is 17.6 Å². The quantitative estimate of drug-likeness (QED) is 0.477. The second kappa shape index (κ2) is 11.1. The molecule has 1 saturated heterocycles. The normalized spacial score (nSPS) is 15.6. The van der Waals surface area contributed by atoms with Gasteiger partial charge in [0.05, 0.1) is 24.1 Å². The van der Waals surface area contributed by atoms with Gasteiger partial charge in [0, 0.05) is 25.7 Å². The molecular formula is C23H22F4N4O4. The van der Waals surface area contributed by atoms with Gasteiger partial charge in [-0.1, -0.05) is 36.4 Å². The number of alkyl halides is 3. The molecular weight excluding hydrogens is 472 g/mol. The van der Waals surface area contributed by atoms with E-state index in [-0.39, 0.29) is 11.8 Å². The van der Waals surface area contributed by atoms with Crippen molar-refractivity contribution in [2.24, 2.45) is 7.05 Å². The Hall–Kier alpha value is -3.77. The minimum atomic E-state index is -5.08. The van der Waals surface area contributed by atoms with Crippen LogP contribution in [0.5, 0.6) is 0 Å². The molecule has 35 heavy (non-hydrogen) atoms. The maximum absolute atomic E-state index is 14.5. The van der Waals surface area contributed by atoms with Crippen molar-refractivity contribution in [3.63, 3.8) is 0 Å². The Labute approximate surface area is 197 Å². The predicted molar refractivity (Wildman–Crippen MR) is 118 cm³/mol. The summed E-state index contributed by atoms with van der Waals surface area (Å²) in [6.07, 6.45) is -5.27. The lowest BCUT2D eigenvalue weighted by Crippen LogP contribution is -2.33. The SMILES string of the molecule is Cn1nc(-c2ccccc2)cc1C(=O)Nc1ccc([C@@H]2CNCCO2)cc1F.O=C(O)C(F)(F)F. The summed E-state index contributed by atoms with van der Waals surface area (Å²) in [5.74, 6) is -3.67. The first-order chi connectivity index (χ1) is 16.6. The molecule has 1 atom stereocenters.